The van der Waals surface area contributed by atoms with Gasteiger partial charge in [-0.2, -0.15) is 12.7 Å². The number of benzene rings is 1. The average Bonchev–Trinajstić information content (AvgIpc) is 2.91. The van der Waals surface area contributed by atoms with Gasteiger partial charge in [-0.05, 0) is 38.3 Å². The van der Waals surface area contributed by atoms with E-state index < -0.39 is 16.3 Å². The lowest BCUT2D eigenvalue weighted by Crippen LogP contribution is -2.46. The van der Waals surface area contributed by atoms with Crippen LogP contribution in [0.25, 0.3) is 0 Å². The highest BCUT2D eigenvalue weighted by Crippen LogP contribution is 2.25. The summed E-state index contributed by atoms with van der Waals surface area (Å²) in [6.45, 7) is 6.26. The fourth-order valence-corrected chi connectivity index (χ4v) is 4.17. The van der Waals surface area contributed by atoms with Gasteiger partial charge in [0.2, 0.25) is 0 Å². The van der Waals surface area contributed by atoms with Crippen LogP contribution < -0.4 is 4.72 Å². The lowest BCUT2D eigenvalue weighted by atomic mass is 9.97. The first kappa shape index (κ1) is 16.1. The molecule has 1 saturated heterocycles. The third kappa shape index (κ3) is 3.33. The van der Waals surface area contributed by atoms with Crippen molar-refractivity contribution < 1.29 is 13.2 Å². The van der Waals surface area contributed by atoms with Gasteiger partial charge in [-0.1, -0.05) is 24.6 Å². The van der Waals surface area contributed by atoms with Crippen molar-refractivity contribution in [3.8, 4) is 0 Å². The zero-order valence-electron chi connectivity index (χ0n) is 12.7. The molecule has 0 amide bonds. The summed E-state index contributed by atoms with van der Waals surface area (Å²) in [6.07, 6.45) is 1.29. The SMILES string of the molecule is CCNS(=O)(=O)N1CCCC1C(=O)c1cc(C)ccc1C. The number of nitrogens with zero attached hydrogens (tertiary/aromatic N) is 1. The third-order valence-corrected chi connectivity index (χ3v) is 5.51. The van der Waals surface area contributed by atoms with Crippen molar-refractivity contribution in [3.63, 3.8) is 0 Å². The van der Waals surface area contributed by atoms with Crippen molar-refractivity contribution in [3.05, 3.63) is 34.9 Å². The van der Waals surface area contributed by atoms with Crippen LogP contribution in [0.5, 0.6) is 0 Å². The van der Waals surface area contributed by atoms with Crippen molar-refractivity contribution in [2.24, 2.45) is 0 Å². The van der Waals surface area contributed by atoms with Crippen molar-refractivity contribution >= 4 is 16.0 Å². The normalized spacial score (nSPS) is 19.9. The predicted octanol–water partition coefficient (Wildman–Crippen LogP) is 1.80. The number of hydrogen-bond acceptors (Lipinski definition) is 3. The molecule has 1 heterocycles. The molecule has 2 rings (SSSR count). The summed E-state index contributed by atoms with van der Waals surface area (Å²) in [4.78, 5) is 12.7. The molecule has 1 unspecified atom stereocenters. The van der Waals surface area contributed by atoms with Crippen LogP contribution in [0.4, 0.5) is 0 Å². The molecular formula is C15H22N2O3S. The number of aryl methyl sites for hydroxylation is 2. The molecule has 0 spiro atoms. The minimum absolute atomic E-state index is 0.102. The molecule has 1 fully saturated rings. The second-order valence-electron chi connectivity index (χ2n) is 5.45. The topological polar surface area (TPSA) is 66.5 Å². The van der Waals surface area contributed by atoms with E-state index in [0.29, 0.717) is 31.5 Å². The highest BCUT2D eigenvalue weighted by molar-refractivity contribution is 7.87. The number of carbonyl (C=O) groups excluding carboxylic acids is 1. The van der Waals surface area contributed by atoms with E-state index in [9.17, 15) is 13.2 Å². The van der Waals surface area contributed by atoms with Gasteiger partial charge in [-0.3, -0.25) is 4.79 Å². The Morgan fingerprint density at radius 3 is 2.76 bits per heavy atom. The molecule has 0 aromatic heterocycles. The molecule has 1 atom stereocenters. The molecule has 1 aliphatic heterocycles. The summed E-state index contributed by atoms with van der Waals surface area (Å²) in [5, 5.41) is 0. The Morgan fingerprint density at radius 1 is 1.38 bits per heavy atom. The Kier molecular flexibility index (Phi) is 4.81. The number of carbonyl (C=O) groups is 1. The molecule has 21 heavy (non-hydrogen) atoms. The molecule has 116 valence electrons. The summed E-state index contributed by atoms with van der Waals surface area (Å²) in [5.74, 6) is -0.102. The molecule has 0 aliphatic carbocycles. The van der Waals surface area contributed by atoms with Gasteiger partial charge in [0.15, 0.2) is 5.78 Å². The van der Waals surface area contributed by atoms with Gasteiger partial charge in [0, 0.05) is 18.7 Å². The van der Waals surface area contributed by atoms with E-state index in [-0.39, 0.29) is 5.78 Å². The van der Waals surface area contributed by atoms with Gasteiger partial charge < -0.3 is 0 Å². The molecule has 0 radical (unpaired) electrons. The third-order valence-electron chi connectivity index (χ3n) is 3.80. The fraction of sp³-hybridized carbons (Fsp3) is 0.533. The van der Waals surface area contributed by atoms with E-state index in [4.69, 9.17) is 0 Å². The molecule has 1 aromatic carbocycles. The highest BCUT2D eigenvalue weighted by Gasteiger charge is 2.38. The Bertz CT molecular complexity index is 640. The minimum atomic E-state index is -3.57. The van der Waals surface area contributed by atoms with Crippen LogP contribution in [0.15, 0.2) is 18.2 Å². The van der Waals surface area contributed by atoms with Crippen LogP contribution in [0.1, 0.15) is 41.3 Å². The molecule has 1 aromatic rings. The van der Waals surface area contributed by atoms with Gasteiger partial charge in [0.05, 0.1) is 6.04 Å². The monoisotopic (exact) mass is 310 g/mol. The summed E-state index contributed by atoms with van der Waals surface area (Å²) in [5.41, 5.74) is 2.51. The van der Waals surface area contributed by atoms with E-state index in [2.05, 4.69) is 4.72 Å². The molecule has 1 N–H and O–H groups in total. The Labute approximate surface area is 126 Å². The number of hydrogen-bond donors (Lipinski definition) is 1. The van der Waals surface area contributed by atoms with E-state index in [1.165, 1.54) is 4.31 Å². The minimum Gasteiger partial charge on any atom is -0.292 e. The summed E-state index contributed by atoms with van der Waals surface area (Å²) < 4.78 is 28.2. The fourth-order valence-electron chi connectivity index (χ4n) is 2.74. The molecule has 1 aliphatic rings. The van der Waals surface area contributed by atoms with Crippen LogP contribution in [0, 0.1) is 13.8 Å². The standard InChI is InChI=1S/C15H22N2O3S/c1-4-16-21(19,20)17-9-5-6-14(17)15(18)13-10-11(2)7-8-12(13)3/h7-8,10,14,16H,4-6,9H2,1-3H3. The van der Waals surface area contributed by atoms with Crippen molar-refractivity contribution in [2.45, 2.75) is 39.7 Å². The van der Waals surface area contributed by atoms with Gasteiger partial charge in [-0.25, -0.2) is 4.72 Å². The van der Waals surface area contributed by atoms with Gasteiger partial charge in [-0.15, -0.1) is 0 Å². The van der Waals surface area contributed by atoms with Gasteiger partial charge in [0.1, 0.15) is 0 Å². The van der Waals surface area contributed by atoms with Crippen LogP contribution in [-0.2, 0) is 10.2 Å². The average molecular weight is 310 g/mol. The Hall–Kier alpha value is -1.24. The largest absolute Gasteiger partial charge is 0.292 e. The van der Waals surface area contributed by atoms with Gasteiger partial charge in [0.25, 0.3) is 10.2 Å². The summed E-state index contributed by atoms with van der Waals surface area (Å²) in [6, 6.07) is 5.11. The molecule has 0 bridgehead atoms. The van der Waals surface area contributed by atoms with E-state index in [1.54, 1.807) is 6.92 Å². The van der Waals surface area contributed by atoms with Crippen molar-refractivity contribution in [1.82, 2.24) is 9.03 Å². The number of rotatable bonds is 5. The lowest BCUT2D eigenvalue weighted by molar-refractivity contribution is 0.0917. The molecule has 5 nitrogen and oxygen atoms in total. The zero-order valence-corrected chi connectivity index (χ0v) is 13.5. The Balaban J connectivity index is 2.32. The second kappa shape index (κ2) is 6.25. The quantitative estimate of drug-likeness (QED) is 0.843. The zero-order chi connectivity index (χ0) is 15.6. The van der Waals surface area contributed by atoms with E-state index in [0.717, 1.165) is 11.1 Å². The van der Waals surface area contributed by atoms with Crippen LogP contribution in [0.2, 0.25) is 0 Å². The first-order valence-electron chi connectivity index (χ1n) is 7.24. The lowest BCUT2D eigenvalue weighted by Gasteiger charge is -2.23. The van der Waals surface area contributed by atoms with Crippen LogP contribution in [0.3, 0.4) is 0 Å². The summed E-state index contributed by atoms with van der Waals surface area (Å²) >= 11 is 0. The predicted molar refractivity (Wildman–Crippen MR) is 82.6 cm³/mol. The van der Waals surface area contributed by atoms with Gasteiger partial charge >= 0.3 is 0 Å². The summed E-state index contributed by atoms with van der Waals surface area (Å²) in [7, 11) is -3.57. The first-order chi connectivity index (χ1) is 9.86. The van der Waals surface area contributed by atoms with Crippen molar-refractivity contribution in [2.75, 3.05) is 13.1 Å². The van der Waals surface area contributed by atoms with Crippen molar-refractivity contribution in [1.29, 1.82) is 0 Å². The first-order valence-corrected chi connectivity index (χ1v) is 8.68. The molecular weight excluding hydrogens is 288 g/mol. The highest BCUT2D eigenvalue weighted by atomic mass is 32.2. The smallest absolute Gasteiger partial charge is 0.280 e. The number of Topliss-reactive ketones (excluding diaryl/α,β-unsaturated/α-hetero) is 1. The molecule has 0 saturated carbocycles. The maximum Gasteiger partial charge on any atom is 0.280 e. The van der Waals surface area contributed by atoms with E-state index in [1.807, 2.05) is 32.0 Å². The Morgan fingerprint density at radius 2 is 2.10 bits per heavy atom. The number of nitrogens with one attached hydrogen (secondary N) is 1. The molecule has 6 heteroatoms. The second-order valence-corrected chi connectivity index (χ2v) is 7.16. The maximum absolute atomic E-state index is 12.7. The maximum atomic E-state index is 12.7. The van der Waals surface area contributed by atoms with E-state index >= 15 is 0 Å². The number of ketones is 1. The van der Waals surface area contributed by atoms with Crippen LogP contribution in [-0.4, -0.2) is 37.6 Å². The van der Waals surface area contributed by atoms with Crippen LogP contribution >= 0.6 is 0 Å².